The molecule has 108 valence electrons. The third-order valence-corrected chi connectivity index (χ3v) is 8.53. The number of unbranched alkanes of at least 4 members (excludes halogenated alkanes) is 1. The van der Waals surface area contributed by atoms with Gasteiger partial charge in [0.05, 0.1) is 0 Å². The van der Waals surface area contributed by atoms with Crippen LogP contribution in [0.4, 0.5) is 4.79 Å². The van der Waals surface area contributed by atoms with Crippen LogP contribution in [0.1, 0.15) is 59.8 Å². The van der Waals surface area contributed by atoms with E-state index >= 15 is 0 Å². The van der Waals surface area contributed by atoms with E-state index in [0.717, 1.165) is 30.5 Å². The largest absolute Gasteiger partial charge is 0.491 e. The lowest BCUT2D eigenvalue weighted by molar-refractivity contribution is 0.140. The Hall–Kier alpha value is -0.513. The number of rotatable bonds is 10. The van der Waals surface area contributed by atoms with E-state index in [0.29, 0.717) is 0 Å². The average molecular weight is 274 g/mol. The lowest BCUT2D eigenvalue weighted by atomic mass is 9.97. The summed E-state index contributed by atoms with van der Waals surface area (Å²) in [5.74, 6) is 0.743. The zero-order chi connectivity index (χ0) is 14.0. The Morgan fingerprint density at radius 1 is 1.17 bits per heavy atom. The summed E-state index contributed by atoms with van der Waals surface area (Å²) in [6, 6.07) is 2.80. The Morgan fingerprint density at radius 2 is 1.78 bits per heavy atom. The van der Waals surface area contributed by atoms with Gasteiger partial charge in [0.2, 0.25) is 0 Å². The molecule has 0 radical (unpaired) electrons. The lowest BCUT2D eigenvalue weighted by Crippen LogP contribution is -2.39. The van der Waals surface area contributed by atoms with Gasteiger partial charge in [0.1, 0.15) is 0 Å². The molecule has 0 amide bonds. The van der Waals surface area contributed by atoms with Crippen molar-refractivity contribution in [3.8, 4) is 0 Å². The second-order valence-electron chi connectivity index (χ2n) is 5.21. The van der Waals surface area contributed by atoms with Gasteiger partial charge in [-0.1, -0.05) is 53.4 Å². The summed E-state index contributed by atoms with van der Waals surface area (Å²) in [6.07, 6.45) is 5.06. The van der Waals surface area contributed by atoms with Crippen molar-refractivity contribution in [2.24, 2.45) is 5.92 Å². The smallest absolute Gasteiger partial charge is 0.489 e. The van der Waals surface area contributed by atoms with Gasteiger partial charge in [-0.05, 0) is 30.5 Å². The first-order valence-electron chi connectivity index (χ1n) is 7.45. The predicted molar refractivity (Wildman–Crippen MR) is 78.6 cm³/mol. The van der Waals surface area contributed by atoms with E-state index in [4.69, 9.17) is 9.53 Å². The van der Waals surface area contributed by atoms with Gasteiger partial charge in [0.15, 0.2) is 0 Å². The Balaban J connectivity index is 4.35. The molecule has 1 unspecified atom stereocenters. The van der Waals surface area contributed by atoms with E-state index in [-0.39, 0.29) is 0 Å². The van der Waals surface area contributed by atoms with Crippen LogP contribution in [-0.4, -0.2) is 19.6 Å². The maximum Gasteiger partial charge on any atom is 0.491 e. The molecule has 0 saturated heterocycles. The van der Waals surface area contributed by atoms with Gasteiger partial charge in [-0.15, -0.1) is 0 Å². The summed E-state index contributed by atoms with van der Waals surface area (Å²) in [6.45, 7) is 8.61. The Labute approximate surface area is 113 Å². The maximum atomic E-state index is 10.8. The van der Waals surface area contributed by atoms with E-state index in [1.54, 1.807) is 0 Å². The molecule has 0 aromatic heterocycles. The highest BCUT2D eigenvalue weighted by Gasteiger charge is 2.35. The fourth-order valence-corrected chi connectivity index (χ4v) is 5.40. The summed E-state index contributed by atoms with van der Waals surface area (Å²) in [5.41, 5.74) is 0. The SMILES string of the molecule is CCCCC(CC)CC[Si](CC)(CC)OC(=O)O. The van der Waals surface area contributed by atoms with Gasteiger partial charge in [-0.25, -0.2) is 4.79 Å². The lowest BCUT2D eigenvalue weighted by Gasteiger charge is -2.28. The minimum absolute atomic E-state index is 0.743. The van der Waals surface area contributed by atoms with Crippen molar-refractivity contribution in [3.63, 3.8) is 0 Å². The molecule has 0 rings (SSSR count). The minimum Gasteiger partial charge on any atom is -0.489 e. The quantitative estimate of drug-likeness (QED) is 0.552. The van der Waals surface area contributed by atoms with Gasteiger partial charge in [0.25, 0.3) is 8.32 Å². The van der Waals surface area contributed by atoms with Crippen LogP contribution >= 0.6 is 0 Å². The maximum absolute atomic E-state index is 10.8. The summed E-state index contributed by atoms with van der Waals surface area (Å²) < 4.78 is 5.29. The second-order valence-corrected chi connectivity index (χ2v) is 9.70. The third kappa shape index (κ3) is 6.43. The first kappa shape index (κ1) is 17.5. The van der Waals surface area contributed by atoms with Crippen LogP contribution in [0.15, 0.2) is 0 Å². The molecule has 0 saturated carbocycles. The number of carbonyl (C=O) groups is 1. The monoisotopic (exact) mass is 274 g/mol. The summed E-state index contributed by atoms with van der Waals surface area (Å²) in [4.78, 5) is 10.8. The van der Waals surface area contributed by atoms with Crippen LogP contribution in [0, 0.1) is 5.92 Å². The molecule has 18 heavy (non-hydrogen) atoms. The molecule has 0 aliphatic heterocycles. The van der Waals surface area contributed by atoms with Crippen molar-refractivity contribution in [3.05, 3.63) is 0 Å². The van der Waals surface area contributed by atoms with Crippen molar-refractivity contribution in [2.75, 3.05) is 0 Å². The van der Waals surface area contributed by atoms with Crippen LogP contribution in [0.2, 0.25) is 18.1 Å². The normalized spacial score (nSPS) is 13.3. The number of carboxylic acid groups (broad SMARTS) is 1. The van der Waals surface area contributed by atoms with Crippen LogP contribution in [0.5, 0.6) is 0 Å². The Bertz CT molecular complexity index is 227. The molecule has 1 N–H and O–H groups in total. The van der Waals surface area contributed by atoms with E-state index in [1.807, 2.05) is 0 Å². The zero-order valence-electron chi connectivity index (χ0n) is 12.5. The number of hydrogen-bond acceptors (Lipinski definition) is 2. The molecule has 0 aliphatic carbocycles. The molecule has 3 nitrogen and oxygen atoms in total. The highest BCUT2D eigenvalue weighted by Crippen LogP contribution is 2.29. The van der Waals surface area contributed by atoms with Crippen LogP contribution in [-0.2, 0) is 4.43 Å². The summed E-state index contributed by atoms with van der Waals surface area (Å²) in [5, 5.41) is 8.89. The van der Waals surface area contributed by atoms with E-state index < -0.39 is 14.5 Å². The highest BCUT2D eigenvalue weighted by atomic mass is 28.4. The Kier molecular flexibility index (Phi) is 9.15. The van der Waals surface area contributed by atoms with Gasteiger partial charge in [-0.2, -0.15) is 0 Å². The fourth-order valence-electron chi connectivity index (χ4n) is 2.50. The molecule has 0 fully saturated rings. The number of hydrogen-bond donors (Lipinski definition) is 1. The van der Waals surface area contributed by atoms with Crippen molar-refractivity contribution in [1.29, 1.82) is 0 Å². The predicted octanol–water partition coefficient (Wildman–Crippen LogP) is 5.27. The molecule has 1 atom stereocenters. The van der Waals surface area contributed by atoms with Gasteiger partial charge < -0.3 is 9.53 Å². The first-order chi connectivity index (χ1) is 8.53. The first-order valence-corrected chi connectivity index (χ1v) is 9.98. The van der Waals surface area contributed by atoms with Gasteiger partial charge in [0, 0.05) is 0 Å². The van der Waals surface area contributed by atoms with E-state index in [2.05, 4.69) is 27.7 Å². The molecule has 0 bridgehead atoms. The molecular weight excluding hydrogens is 244 g/mol. The molecule has 0 spiro atoms. The zero-order valence-corrected chi connectivity index (χ0v) is 13.5. The van der Waals surface area contributed by atoms with E-state index in [9.17, 15) is 4.79 Å². The highest BCUT2D eigenvalue weighted by molar-refractivity contribution is 6.74. The van der Waals surface area contributed by atoms with Gasteiger partial charge >= 0.3 is 6.16 Å². The summed E-state index contributed by atoms with van der Waals surface area (Å²) >= 11 is 0. The van der Waals surface area contributed by atoms with Gasteiger partial charge in [-0.3, -0.25) is 0 Å². The molecule has 0 aromatic carbocycles. The summed E-state index contributed by atoms with van der Waals surface area (Å²) in [7, 11) is -2.02. The topological polar surface area (TPSA) is 46.5 Å². The fraction of sp³-hybridized carbons (Fsp3) is 0.929. The van der Waals surface area contributed by atoms with Crippen molar-refractivity contribution in [2.45, 2.75) is 77.9 Å². The average Bonchev–Trinajstić information content (AvgIpc) is 2.37. The Morgan fingerprint density at radius 3 is 2.17 bits per heavy atom. The minimum atomic E-state index is -2.02. The molecule has 0 heterocycles. The molecule has 0 aliphatic rings. The van der Waals surface area contributed by atoms with Crippen LogP contribution < -0.4 is 0 Å². The van der Waals surface area contributed by atoms with Crippen molar-refractivity contribution in [1.82, 2.24) is 0 Å². The second kappa shape index (κ2) is 9.42. The van der Waals surface area contributed by atoms with Crippen molar-refractivity contribution >= 4 is 14.5 Å². The van der Waals surface area contributed by atoms with Crippen LogP contribution in [0.25, 0.3) is 0 Å². The van der Waals surface area contributed by atoms with Crippen molar-refractivity contribution < 1.29 is 14.3 Å². The standard InChI is InChI=1S/C14H30O3Si/c1-5-9-10-13(6-2)11-12-18(7-3,8-4)17-14(15)16/h13H,5-12H2,1-4H3,(H,15,16). The third-order valence-electron chi connectivity index (χ3n) is 4.14. The van der Waals surface area contributed by atoms with Crippen LogP contribution in [0.3, 0.4) is 0 Å². The molecule has 0 aromatic rings. The molecule has 4 heteroatoms. The molecular formula is C14H30O3Si. The van der Waals surface area contributed by atoms with E-state index in [1.165, 1.54) is 25.7 Å².